The maximum atomic E-state index is 11.0. The van der Waals surface area contributed by atoms with Crippen LogP contribution in [0.15, 0.2) is 24.3 Å². The molecule has 0 bridgehead atoms. The molecule has 0 N–H and O–H groups in total. The van der Waals surface area contributed by atoms with E-state index in [4.69, 9.17) is 9.47 Å². The summed E-state index contributed by atoms with van der Waals surface area (Å²) in [6.45, 7) is 4.61. The molecule has 4 heteroatoms. The van der Waals surface area contributed by atoms with Crippen molar-refractivity contribution >= 4 is 11.9 Å². The fraction of sp³-hybridized carbons (Fsp3) is 0.385. The van der Waals surface area contributed by atoms with Crippen LogP contribution in [0.1, 0.15) is 31.1 Å². The lowest BCUT2D eigenvalue weighted by Crippen LogP contribution is -2.17. The maximum absolute atomic E-state index is 11.0. The van der Waals surface area contributed by atoms with Gasteiger partial charge in [0.1, 0.15) is 6.61 Å². The first-order chi connectivity index (χ1) is 8.00. The number of hydrogen-bond acceptors (Lipinski definition) is 4. The fourth-order valence-electron chi connectivity index (χ4n) is 1.53. The van der Waals surface area contributed by atoms with Gasteiger partial charge in [-0.05, 0) is 18.1 Å². The van der Waals surface area contributed by atoms with Crippen LogP contribution in [0, 0.1) is 6.92 Å². The monoisotopic (exact) mass is 236 g/mol. The number of aryl methyl sites for hydroxylation is 1. The predicted molar refractivity (Wildman–Crippen MR) is 62.3 cm³/mol. The van der Waals surface area contributed by atoms with E-state index in [1.807, 2.05) is 31.2 Å². The highest BCUT2D eigenvalue weighted by Crippen LogP contribution is 2.21. The molecule has 0 aliphatic heterocycles. The van der Waals surface area contributed by atoms with E-state index < -0.39 is 18.0 Å². The normalized spacial score (nSPS) is 11.7. The minimum atomic E-state index is -0.544. The van der Waals surface area contributed by atoms with Crippen molar-refractivity contribution in [2.45, 2.75) is 26.9 Å². The van der Waals surface area contributed by atoms with Crippen LogP contribution in [0.25, 0.3) is 0 Å². The van der Waals surface area contributed by atoms with Gasteiger partial charge in [0.25, 0.3) is 0 Å². The van der Waals surface area contributed by atoms with Crippen LogP contribution < -0.4 is 0 Å². The van der Waals surface area contributed by atoms with E-state index in [0.29, 0.717) is 0 Å². The highest BCUT2D eigenvalue weighted by atomic mass is 16.6. The third kappa shape index (κ3) is 4.26. The minimum absolute atomic E-state index is 0.0414. The van der Waals surface area contributed by atoms with Gasteiger partial charge in [-0.15, -0.1) is 0 Å². The van der Waals surface area contributed by atoms with Crippen molar-refractivity contribution in [1.29, 1.82) is 0 Å². The molecule has 0 radical (unpaired) electrons. The third-order valence-electron chi connectivity index (χ3n) is 2.28. The molecule has 1 aromatic carbocycles. The smallest absolute Gasteiger partial charge is 0.303 e. The summed E-state index contributed by atoms with van der Waals surface area (Å²) in [7, 11) is 0. The Balaban J connectivity index is 2.85. The van der Waals surface area contributed by atoms with Gasteiger partial charge >= 0.3 is 11.9 Å². The Morgan fingerprint density at radius 2 is 1.82 bits per heavy atom. The van der Waals surface area contributed by atoms with Crippen molar-refractivity contribution < 1.29 is 19.1 Å². The molecular formula is C13H16O4. The van der Waals surface area contributed by atoms with Crippen LogP contribution in [0.5, 0.6) is 0 Å². The average Bonchev–Trinajstić information content (AvgIpc) is 2.24. The van der Waals surface area contributed by atoms with E-state index in [0.717, 1.165) is 11.1 Å². The molecule has 4 nitrogen and oxygen atoms in total. The van der Waals surface area contributed by atoms with Gasteiger partial charge in [0.15, 0.2) is 6.10 Å². The highest BCUT2D eigenvalue weighted by molar-refractivity contribution is 5.67. The van der Waals surface area contributed by atoms with Crippen molar-refractivity contribution in [3.05, 3.63) is 35.4 Å². The standard InChI is InChI=1S/C13H16O4/c1-9-6-4-5-7-12(9)13(17-11(3)15)8-16-10(2)14/h4-7,13H,8H2,1-3H3/t13-/m1/s1. The van der Waals surface area contributed by atoms with Gasteiger partial charge in [0, 0.05) is 13.8 Å². The zero-order chi connectivity index (χ0) is 12.8. The lowest BCUT2D eigenvalue weighted by molar-refractivity contribution is -0.156. The second kappa shape index (κ2) is 6.03. The third-order valence-corrected chi connectivity index (χ3v) is 2.28. The fourth-order valence-corrected chi connectivity index (χ4v) is 1.53. The number of carbonyl (C=O) groups excluding carboxylic acids is 2. The number of benzene rings is 1. The predicted octanol–water partition coefficient (Wildman–Crippen LogP) is 2.16. The molecule has 0 amide bonds. The number of hydrogen-bond donors (Lipinski definition) is 0. The molecule has 0 aromatic heterocycles. The molecule has 0 heterocycles. The molecule has 0 fully saturated rings. The zero-order valence-corrected chi connectivity index (χ0v) is 10.2. The number of rotatable bonds is 4. The van der Waals surface area contributed by atoms with Gasteiger partial charge in [-0.1, -0.05) is 24.3 Å². The molecule has 0 unspecified atom stereocenters. The topological polar surface area (TPSA) is 52.6 Å². The van der Waals surface area contributed by atoms with Crippen LogP contribution in [-0.4, -0.2) is 18.5 Å². The second-order valence-corrected chi connectivity index (χ2v) is 3.76. The molecule has 0 aliphatic rings. The van der Waals surface area contributed by atoms with Gasteiger partial charge in [-0.25, -0.2) is 0 Å². The van der Waals surface area contributed by atoms with Crippen LogP contribution in [0.3, 0.4) is 0 Å². The van der Waals surface area contributed by atoms with E-state index in [9.17, 15) is 9.59 Å². The van der Waals surface area contributed by atoms with Crippen molar-refractivity contribution in [1.82, 2.24) is 0 Å². The maximum Gasteiger partial charge on any atom is 0.303 e. The Kier molecular flexibility index (Phi) is 4.69. The summed E-state index contributed by atoms with van der Waals surface area (Å²) in [5, 5.41) is 0. The summed E-state index contributed by atoms with van der Waals surface area (Å²) in [4.78, 5) is 21.8. The van der Waals surface area contributed by atoms with E-state index in [-0.39, 0.29) is 6.61 Å². The summed E-state index contributed by atoms with van der Waals surface area (Å²) in [6.07, 6.45) is -0.544. The molecule has 0 spiro atoms. The molecule has 17 heavy (non-hydrogen) atoms. The van der Waals surface area contributed by atoms with E-state index >= 15 is 0 Å². The summed E-state index contributed by atoms with van der Waals surface area (Å²) in [5.41, 5.74) is 1.84. The summed E-state index contributed by atoms with van der Waals surface area (Å²) in [5.74, 6) is -0.791. The van der Waals surface area contributed by atoms with Gasteiger partial charge in [0.2, 0.25) is 0 Å². The lowest BCUT2D eigenvalue weighted by atomic mass is 10.0. The van der Waals surface area contributed by atoms with Gasteiger partial charge < -0.3 is 9.47 Å². The van der Waals surface area contributed by atoms with Crippen molar-refractivity contribution in [2.75, 3.05) is 6.61 Å². The van der Waals surface area contributed by atoms with E-state index in [1.54, 1.807) is 0 Å². The summed E-state index contributed by atoms with van der Waals surface area (Å²) >= 11 is 0. The Bertz CT molecular complexity index is 412. The van der Waals surface area contributed by atoms with Crippen LogP contribution >= 0.6 is 0 Å². The first kappa shape index (κ1) is 13.2. The van der Waals surface area contributed by atoms with Gasteiger partial charge in [-0.3, -0.25) is 9.59 Å². The minimum Gasteiger partial charge on any atom is -0.462 e. The van der Waals surface area contributed by atoms with Crippen LogP contribution in [0.2, 0.25) is 0 Å². The van der Waals surface area contributed by atoms with Crippen LogP contribution in [0.4, 0.5) is 0 Å². The molecule has 1 aromatic rings. The first-order valence-electron chi connectivity index (χ1n) is 5.37. The van der Waals surface area contributed by atoms with Crippen LogP contribution in [-0.2, 0) is 19.1 Å². The molecule has 0 saturated carbocycles. The Labute approximate surface area is 101 Å². The number of esters is 2. The number of carbonyl (C=O) groups is 2. The quantitative estimate of drug-likeness (QED) is 0.752. The van der Waals surface area contributed by atoms with E-state index in [2.05, 4.69) is 0 Å². The Morgan fingerprint density at radius 1 is 1.18 bits per heavy atom. The van der Waals surface area contributed by atoms with Gasteiger partial charge in [-0.2, -0.15) is 0 Å². The molecule has 0 saturated heterocycles. The second-order valence-electron chi connectivity index (χ2n) is 3.76. The largest absolute Gasteiger partial charge is 0.462 e. The Morgan fingerprint density at radius 3 is 2.35 bits per heavy atom. The highest BCUT2D eigenvalue weighted by Gasteiger charge is 2.18. The van der Waals surface area contributed by atoms with Gasteiger partial charge in [0.05, 0.1) is 0 Å². The molecule has 92 valence electrons. The van der Waals surface area contributed by atoms with Crippen molar-refractivity contribution in [2.24, 2.45) is 0 Å². The number of ether oxygens (including phenoxy) is 2. The SMILES string of the molecule is CC(=O)OC[C@@H](OC(C)=O)c1ccccc1C. The average molecular weight is 236 g/mol. The Hall–Kier alpha value is -1.84. The summed E-state index contributed by atoms with van der Waals surface area (Å²) < 4.78 is 10.0. The molecule has 1 atom stereocenters. The molecular weight excluding hydrogens is 220 g/mol. The van der Waals surface area contributed by atoms with Crippen molar-refractivity contribution in [3.63, 3.8) is 0 Å². The van der Waals surface area contributed by atoms with Crippen molar-refractivity contribution in [3.8, 4) is 0 Å². The lowest BCUT2D eigenvalue weighted by Gasteiger charge is -2.18. The molecule has 1 rings (SSSR count). The first-order valence-corrected chi connectivity index (χ1v) is 5.37. The zero-order valence-electron chi connectivity index (χ0n) is 10.2. The molecule has 0 aliphatic carbocycles. The van der Waals surface area contributed by atoms with E-state index in [1.165, 1.54) is 13.8 Å². The summed E-state index contributed by atoms with van der Waals surface area (Å²) in [6, 6.07) is 7.52.